The molecule has 0 saturated carbocycles. The number of thiocarbonyl (C=S) groups is 1. The fourth-order valence-electron chi connectivity index (χ4n) is 2.08. The van der Waals surface area contributed by atoms with Gasteiger partial charge in [-0.15, -0.1) is 0 Å². The minimum absolute atomic E-state index is 0.116. The van der Waals surface area contributed by atoms with E-state index in [1.54, 1.807) is 25.3 Å². The van der Waals surface area contributed by atoms with Gasteiger partial charge in [-0.05, 0) is 55.4 Å². The molecule has 2 rings (SSSR count). The molecule has 2 aromatic carbocycles. The number of ether oxygens (including phenoxy) is 1. The first-order valence-corrected chi connectivity index (χ1v) is 7.45. The lowest BCUT2D eigenvalue weighted by molar-refractivity contribution is 0.412. The summed E-state index contributed by atoms with van der Waals surface area (Å²) in [4.78, 5) is 0. The lowest BCUT2D eigenvalue weighted by Gasteiger charge is -2.12. The Morgan fingerprint density at radius 3 is 2.57 bits per heavy atom. The van der Waals surface area contributed by atoms with Gasteiger partial charge >= 0.3 is 0 Å². The van der Waals surface area contributed by atoms with Crippen LogP contribution in [0.5, 0.6) is 11.5 Å². The summed E-state index contributed by atoms with van der Waals surface area (Å²) < 4.78 is 5.11. The van der Waals surface area contributed by atoms with E-state index in [-0.39, 0.29) is 5.75 Å². The van der Waals surface area contributed by atoms with Gasteiger partial charge in [-0.25, -0.2) is 0 Å². The number of anilines is 1. The molecule has 0 unspecified atom stereocenters. The Kier molecular flexibility index (Phi) is 5.54. The number of hydrazone groups is 1. The van der Waals surface area contributed by atoms with E-state index in [0.29, 0.717) is 16.4 Å². The highest BCUT2D eigenvalue weighted by molar-refractivity contribution is 7.80. The number of nitrogens with zero attached hydrogens (tertiary/aromatic N) is 1. The van der Waals surface area contributed by atoms with Crippen LogP contribution in [0.3, 0.4) is 0 Å². The van der Waals surface area contributed by atoms with Crippen molar-refractivity contribution >= 4 is 29.2 Å². The highest BCUT2D eigenvalue weighted by Gasteiger charge is 2.04. The summed E-state index contributed by atoms with van der Waals surface area (Å²) >= 11 is 5.23. The van der Waals surface area contributed by atoms with Crippen LogP contribution >= 0.6 is 12.2 Å². The molecule has 0 aliphatic heterocycles. The molecule has 0 amide bonds. The van der Waals surface area contributed by atoms with Gasteiger partial charge in [0.1, 0.15) is 11.5 Å². The Balaban J connectivity index is 2.02. The van der Waals surface area contributed by atoms with Crippen molar-refractivity contribution in [3.8, 4) is 11.5 Å². The molecule has 0 aliphatic carbocycles. The predicted molar refractivity (Wildman–Crippen MR) is 97.5 cm³/mol. The van der Waals surface area contributed by atoms with Crippen molar-refractivity contribution in [1.82, 2.24) is 5.43 Å². The number of hydrogen-bond acceptors (Lipinski definition) is 4. The van der Waals surface area contributed by atoms with Gasteiger partial charge in [-0.2, -0.15) is 5.10 Å². The molecule has 2 aromatic rings. The number of phenols is 1. The van der Waals surface area contributed by atoms with Crippen LogP contribution in [-0.2, 0) is 0 Å². The van der Waals surface area contributed by atoms with Crippen LogP contribution in [-0.4, -0.2) is 23.5 Å². The summed E-state index contributed by atoms with van der Waals surface area (Å²) in [6.45, 7) is 4.02. The Hall–Kier alpha value is -2.60. The fourth-order valence-corrected chi connectivity index (χ4v) is 2.23. The molecule has 0 heterocycles. The SMILES string of the molecule is COc1ccc(O)c(/C=N\NC(=S)Nc2c(C)cccc2C)c1. The average Bonchev–Trinajstić information content (AvgIpc) is 2.53. The van der Waals surface area contributed by atoms with Gasteiger partial charge in [0.2, 0.25) is 0 Å². The van der Waals surface area contributed by atoms with E-state index >= 15 is 0 Å². The number of benzene rings is 2. The summed E-state index contributed by atoms with van der Waals surface area (Å²) in [5.41, 5.74) is 6.43. The van der Waals surface area contributed by atoms with Gasteiger partial charge in [0.05, 0.1) is 13.3 Å². The second kappa shape index (κ2) is 7.60. The van der Waals surface area contributed by atoms with Crippen molar-refractivity contribution in [3.63, 3.8) is 0 Å². The maximum absolute atomic E-state index is 9.78. The molecule has 6 heteroatoms. The maximum Gasteiger partial charge on any atom is 0.191 e. The summed E-state index contributed by atoms with van der Waals surface area (Å²) in [6.07, 6.45) is 1.48. The van der Waals surface area contributed by atoms with Gasteiger partial charge in [-0.3, -0.25) is 5.43 Å². The topological polar surface area (TPSA) is 65.9 Å². The van der Waals surface area contributed by atoms with Crippen LogP contribution < -0.4 is 15.5 Å². The quantitative estimate of drug-likeness (QED) is 0.456. The van der Waals surface area contributed by atoms with E-state index in [2.05, 4.69) is 15.8 Å². The van der Waals surface area contributed by atoms with Crippen LogP contribution in [0.15, 0.2) is 41.5 Å². The van der Waals surface area contributed by atoms with E-state index < -0.39 is 0 Å². The average molecular weight is 329 g/mol. The highest BCUT2D eigenvalue weighted by Crippen LogP contribution is 2.21. The van der Waals surface area contributed by atoms with Crippen molar-refractivity contribution in [2.75, 3.05) is 12.4 Å². The van der Waals surface area contributed by atoms with E-state index in [1.807, 2.05) is 32.0 Å². The van der Waals surface area contributed by atoms with Gasteiger partial charge in [0.25, 0.3) is 0 Å². The molecule has 0 radical (unpaired) electrons. The number of nitrogens with one attached hydrogen (secondary N) is 2. The number of para-hydroxylation sites is 1. The molecule has 0 saturated heterocycles. The summed E-state index contributed by atoms with van der Waals surface area (Å²) in [5.74, 6) is 0.755. The number of aryl methyl sites for hydroxylation is 2. The molecule has 120 valence electrons. The van der Waals surface area contributed by atoms with Crippen molar-refractivity contribution < 1.29 is 9.84 Å². The molecule has 0 aliphatic rings. The molecule has 5 nitrogen and oxygen atoms in total. The molecule has 3 N–H and O–H groups in total. The number of aromatic hydroxyl groups is 1. The first kappa shape index (κ1) is 16.8. The van der Waals surface area contributed by atoms with Crippen molar-refractivity contribution in [2.45, 2.75) is 13.8 Å². The molecule has 0 fully saturated rings. The summed E-state index contributed by atoms with van der Waals surface area (Å²) in [7, 11) is 1.56. The second-order valence-corrected chi connectivity index (χ2v) is 5.42. The third-order valence-electron chi connectivity index (χ3n) is 3.32. The van der Waals surface area contributed by atoms with Crippen molar-refractivity contribution in [3.05, 3.63) is 53.1 Å². The highest BCUT2D eigenvalue weighted by atomic mass is 32.1. The molecular weight excluding hydrogens is 310 g/mol. The zero-order valence-corrected chi connectivity index (χ0v) is 14.1. The van der Waals surface area contributed by atoms with Crippen LogP contribution in [0.2, 0.25) is 0 Å². The lowest BCUT2D eigenvalue weighted by Crippen LogP contribution is -2.24. The number of methoxy groups -OCH3 is 1. The first-order valence-electron chi connectivity index (χ1n) is 7.04. The van der Waals surface area contributed by atoms with Gasteiger partial charge in [-0.1, -0.05) is 18.2 Å². The van der Waals surface area contributed by atoms with E-state index in [9.17, 15) is 5.11 Å². The molecule has 0 spiro atoms. The zero-order valence-electron chi connectivity index (χ0n) is 13.3. The standard InChI is InChI=1S/C17H19N3O2S/c1-11-5-4-6-12(2)16(11)19-17(23)20-18-10-13-9-14(22-3)7-8-15(13)21/h4-10,21H,1-3H3,(H2,19,20,23)/b18-10-. The smallest absolute Gasteiger partial charge is 0.191 e. The molecule has 0 aromatic heterocycles. The van der Waals surface area contributed by atoms with E-state index in [4.69, 9.17) is 17.0 Å². The Bertz CT molecular complexity index is 724. The third-order valence-corrected chi connectivity index (χ3v) is 3.52. The number of hydrogen-bond donors (Lipinski definition) is 3. The third kappa shape index (κ3) is 4.43. The zero-order chi connectivity index (χ0) is 16.8. The lowest BCUT2D eigenvalue weighted by atomic mass is 10.1. The molecule has 23 heavy (non-hydrogen) atoms. The molecule has 0 atom stereocenters. The first-order chi connectivity index (χ1) is 11.0. The predicted octanol–water partition coefficient (Wildman–Crippen LogP) is 3.34. The Labute approximate surface area is 141 Å². The molecular formula is C17H19N3O2S. The number of rotatable bonds is 4. The van der Waals surface area contributed by atoms with Crippen LogP contribution in [0, 0.1) is 13.8 Å². The van der Waals surface area contributed by atoms with E-state index in [0.717, 1.165) is 16.8 Å². The van der Waals surface area contributed by atoms with Gasteiger partial charge in [0.15, 0.2) is 5.11 Å². The second-order valence-electron chi connectivity index (χ2n) is 5.02. The largest absolute Gasteiger partial charge is 0.507 e. The molecule has 0 bridgehead atoms. The van der Waals surface area contributed by atoms with E-state index in [1.165, 1.54) is 6.21 Å². The monoisotopic (exact) mass is 329 g/mol. The minimum Gasteiger partial charge on any atom is -0.507 e. The summed E-state index contributed by atoms with van der Waals surface area (Å²) in [6, 6.07) is 10.9. The van der Waals surface area contributed by atoms with Gasteiger partial charge in [0, 0.05) is 11.3 Å². The Morgan fingerprint density at radius 1 is 1.22 bits per heavy atom. The summed E-state index contributed by atoms with van der Waals surface area (Å²) in [5, 5.41) is 17.3. The van der Waals surface area contributed by atoms with Gasteiger partial charge < -0.3 is 15.2 Å². The van der Waals surface area contributed by atoms with Crippen molar-refractivity contribution in [1.29, 1.82) is 0 Å². The van der Waals surface area contributed by atoms with Crippen LogP contribution in [0.1, 0.15) is 16.7 Å². The van der Waals surface area contributed by atoms with Crippen LogP contribution in [0.25, 0.3) is 0 Å². The van der Waals surface area contributed by atoms with Crippen molar-refractivity contribution in [2.24, 2.45) is 5.10 Å². The fraction of sp³-hybridized carbons (Fsp3) is 0.176. The van der Waals surface area contributed by atoms with Crippen LogP contribution in [0.4, 0.5) is 5.69 Å². The number of phenolic OH excluding ortho intramolecular Hbond substituents is 1. The maximum atomic E-state index is 9.78. The normalized spacial score (nSPS) is 10.6. The minimum atomic E-state index is 0.116. The Morgan fingerprint density at radius 2 is 1.91 bits per heavy atom.